The summed E-state index contributed by atoms with van der Waals surface area (Å²) in [7, 11) is 1.60. The number of carbonyl (C=O) groups excluding carboxylic acids is 1. The van der Waals surface area contributed by atoms with Gasteiger partial charge in [0.05, 0.1) is 12.7 Å². The molecule has 0 bridgehead atoms. The highest BCUT2D eigenvalue weighted by Gasteiger charge is 2.40. The number of fused-ring (bicyclic) bond motifs is 1. The number of aliphatic hydroxyl groups is 1. The fourth-order valence-electron chi connectivity index (χ4n) is 3.83. The number of ketones is 1. The van der Waals surface area contributed by atoms with Crippen molar-refractivity contribution in [3.63, 3.8) is 0 Å². The van der Waals surface area contributed by atoms with E-state index in [1.165, 1.54) is 0 Å². The van der Waals surface area contributed by atoms with E-state index >= 15 is 0 Å². The van der Waals surface area contributed by atoms with E-state index in [1.807, 2.05) is 44.2 Å². The van der Waals surface area contributed by atoms with Crippen molar-refractivity contribution in [2.24, 2.45) is 0 Å². The number of methoxy groups -OCH3 is 1. The molecule has 0 amide bonds. The molecule has 1 atom stereocenters. The first-order valence-electron chi connectivity index (χ1n) is 10.8. The van der Waals surface area contributed by atoms with E-state index in [-0.39, 0.29) is 41.4 Å². The Morgan fingerprint density at radius 2 is 1.84 bits per heavy atom. The molecule has 0 saturated heterocycles. The Balaban J connectivity index is 1.97. The summed E-state index contributed by atoms with van der Waals surface area (Å²) in [5, 5.41) is 32.3. The van der Waals surface area contributed by atoms with Crippen LogP contribution in [0.2, 0.25) is 0 Å². The number of benzene rings is 2. The minimum atomic E-state index is -1.18. The fourth-order valence-corrected chi connectivity index (χ4v) is 3.83. The van der Waals surface area contributed by atoms with Gasteiger partial charge in [-0.3, -0.25) is 4.79 Å². The molecule has 3 rings (SSSR count). The largest absolute Gasteiger partial charge is 0.507 e. The van der Waals surface area contributed by atoms with E-state index < -0.39 is 11.7 Å². The van der Waals surface area contributed by atoms with E-state index in [9.17, 15) is 20.1 Å². The quantitative estimate of drug-likeness (QED) is 0.413. The predicted octanol–water partition coefficient (Wildman–Crippen LogP) is 4.51. The molecular weight excluding hydrogens is 408 g/mol. The lowest BCUT2D eigenvalue weighted by atomic mass is 9.91. The summed E-state index contributed by atoms with van der Waals surface area (Å²) in [6, 6.07) is 7.47. The Hall–Kier alpha value is -2.99. The van der Waals surface area contributed by atoms with E-state index in [4.69, 9.17) is 9.47 Å². The molecule has 0 radical (unpaired) electrons. The smallest absolute Gasteiger partial charge is 0.170 e. The summed E-state index contributed by atoms with van der Waals surface area (Å²) in [5.41, 5.74) is 1.66. The number of hydrogen-bond donors (Lipinski definition) is 3. The molecule has 32 heavy (non-hydrogen) atoms. The second-order valence-electron chi connectivity index (χ2n) is 9.08. The highest BCUT2D eigenvalue weighted by molar-refractivity contribution is 6.03. The molecular formula is C26H32O6. The molecule has 1 heterocycles. The van der Waals surface area contributed by atoms with E-state index in [2.05, 4.69) is 0 Å². The van der Waals surface area contributed by atoms with Gasteiger partial charge >= 0.3 is 0 Å². The minimum Gasteiger partial charge on any atom is -0.507 e. The Bertz CT molecular complexity index is 1020. The molecule has 0 spiro atoms. The fraction of sp³-hybridized carbons (Fsp3) is 0.423. The normalized spacial score (nSPS) is 15.1. The summed E-state index contributed by atoms with van der Waals surface area (Å²) in [4.78, 5) is 13.3. The minimum absolute atomic E-state index is 0.0755. The number of phenolic OH excluding ortho intramolecular Hbond substituents is 2. The highest BCUT2D eigenvalue weighted by Crippen LogP contribution is 2.48. The average Bonchev–Trinajstić information content (AvgIpc) is 3.18. The van der Waals surface area contributed by atoms with Crippen LogP contribution in [0.4, 0.5) is 0 Å². The lowest BCUT2D eigenvalue weighted by molar-refractivity contribution is -0.0232. The van der Waals surface area contributed by atoms with Crippen LogP contribution >= 0.6 is 0 Å². The van der Waals surface area contributed by atoms with Gasteiger partial charge in [0.15, 0.2) is 5.78 Å². The summed E-state index contributed by atoms with van der Waals surface area (Å²) in [5.74, 6) is 0.310. The average molecular weight is 441 g/mol. The zero-order valence-electron chi connectivity index (χ0n) is 19.4. The van der Waals surface area contributed by atoms with Crippen LogP contribution in [0.3, 0.4) is 0 Å². The Morgan fingerprint density at radius 1 is 1.19 bits per heavy atom. The summed E-state index contributed by atoms with van der Waals surface area (Å²) >= 11 is 0. The van der Waals surface area contributed by atoms with Crippen LogP contribution < -0.4 is 9.47 Å². The van der Waals surface area contributed by atoms with Gasteiger partial charge in [-0.25, -0.2) is 0 Å². The van der Waals surface area contributed by atoms with Crippen LogP contribution in [-0.2, 0) is 19.3 Å². The van der Waals surface area contributed by atoms with Gasteiger partial charge in [-0.2, -0.15) is 0 Å². The highest BCUT2D eigenvalue weighted by atomic mass is 16.5. The predicted molar refractivity (Wildman–Crippen MR) is 123 cm³/mol. The Labute approximate surface area is 189 Å². The van der Waals surface area contributed by atoms with Gasteiger partial charge in [0.1, 0.15) is 34.7 Å². The second kappa shape index (κ2) is 9.25. The monoisotopic (exact) mass is 440 g/mol. The van der Waals surface area contributed by atoms with Crippen LogP contribution in [-0.4, -0.2) is 39.9 Å². The molecule has 1 aliphatic heterocycles. The first-order chi connectivity index (χ1) is 15.0. The van der Waals surface area contributed by atoms with Crippen molar-refractivity contribution in [1.82, 2.24) is 0 Å². The van der Waals surface area contributed by atoms with Crippen LogP contribution in [0.1, 0.15) is 61.2 Å². The molecule has 0 saturated carbocycles. The first kappa shape index (κ1) is 23.7. The number of Topliss-reactive ketones (excluding diaryl/α,β-unsaturated/α-hetero) is 1. The summed E-state index contributed by atoms with van der Waals surface area (Å²) < 4.78 is 11.1. The number of rotatable bonds is 8. The van der Waals surface area contributed by atoms with Crippen LogP contribution in [0.25, 0.3) is 0 Å². The van der Waals surface area contributed by atoms with Gasteiger partial charge in [0, 0.05) is 24.0 Å². The lowest BCUT2D eigenvalue weighted by Crippen LogP contribution is -2.39. The maximum atomic E-state index is 13.3. The van der Waals surface area contributed by atoms with Crippen molar-refractivity contribution in [1.29, 1.82) is 0 Å². The number of aryl methyl sites for hydroxylation is 1. The molecule has 2 aromatic carbocycles. The molecule has 3 N–H and O–H groups in total. The number of phenols is 2. The standard InChI is InChI=1S/C26H32O6/c1-15(2)6-12-18-23(28)19-14-21(26(3,4)30)32-25(19)22(24(18)29)20(27)13-9-16-7-10-17(31-5)11-8-16/h6-8,10-11,21,28-30H,9,12-14H2,1-5H3/t21-/m0/s1. The van der Waals surface area contributed by atoms with Crippen LogP contribution in [0.15, 0.2) is 35.9 Å². The van der Waals surface area contributed by atoms with Crippen molar-refractivity contribution in [2.75, 3.05) is 7.11 Å². The summed E-state index contributed by atoms with van der Waals surface area (Å²) in [6.07, 6.45) is 2.45. The van der Waals surface area contributed by atoms with Crippen LogP contribution in [0, 0.1) is 0 Å². The van der Waals surface area contributed by atoms with Crippen molar-refractivity contribution in [3.05, 3.63) is 58.2 Å². The maximum Gasteiger partial charge on any atom is 0.170 e. The zero-order valence-corrected chi connectivity index (χ0v) is 19.4. The topological polar surface area (TPSA) is 96.2 Å². The number of carbonyl (C=O) groups is 1. The van der Waals surface area contributed by atoms with Gasteiger partial charge in [-0.1, -0.05) is 23.8 Å². The van der Waals surface area contributed by atoms with E-state index in [0.717, 1.165) is 16.9 Å². The number of ether oxygens (including phenoxy) is 2. The van der Waals surface area contributed by atoms with Crippen LogP contribution in [0.5, 0.6) is 23.0 Å². The molecule has 6 heteroatoms. The van der Waals surface area contributed by atoms with Crippen molar-refractivity contribution >= 4 is 5.78 Å². The van der Waals surface area contributed by atoms with Crippen molar-refractivity contribution in [3.8, 4) is 23.0 Å². The summed E-state index contributed by atoms with van der Waals surface area (Å²) in [6.45, 7) is 7.09. The second-order valence-corrected chi connectivity index (χ2v) is 9.08. The van der Waals surface area contributed by atoms with E-state index in [0.29, 0.717) is 24.0 Å². The number of hydrogen-bond acceptors (Lipinski definition) is 6. The molecule has 0 aliphatic carbocycles. The molecule has 0 aromatic heterocycles. The third-order valence-electron chi connectivity index (χ3n) is 5.83. The van der Waals surface area contributed by atoms with Gasteiger partial charge in [0.25, 0.3) is 0 Å². The number of aromatic hydroxyl groups is 2. The van der Waals surface area contributed by atoms with Crippen molar-refractivity contribution in [2.45, 2.75) is 65.1 Å². The molecule has 6 nitrogen and oxygen atoms in total. The molecule has 1 aliphatic rings. The van der Waals surface area contributed by atoms with Gasteiger partial charge in [0.2, 0.25) is 0 Å². The third kappa shape index (κ3) is 4.91. The number of allylic oxidation sites excluding steroid dienone is 2. The van der Waals surface area contributed by atoms with Gasteiger partial charge < -0.3 is 24.8 Å². The SMILES string of the molecule is COc1ccc(CCC(=O)c2c(O)c(CC=C(C)C)c(O)c3c2O[C@H](C(C)(C)O)C3)cc1. The third-order valence-corrected chi connectivity index (χ3v) is 5.83. The Kier molecular flexibility index (Phi) is 6.84. The molecule has 172 valence electrons. The van der Waals surface area contributed by atoms with Gasteiger partial charge in [-0.05, 0) is 58.2 Å². The Morgan fingerprint density at radius 3 is 2.41 bits per heavy atom. The van der Waals surface area contributed by atoms with Gasteiger partial charge in [-0.15, -0.1) is 0 Å². The first-order valence-corrected chi connectivity index (χ1v) is 10.8. The van der Waals surface area contributed by atoms with Crippen molar-refractivity contribution < 1.29 is 29.6 Å². The molecule has 2 aromatic rings. The lowest BCUT2D eigenvalue weighted by Gasteiger charge is -2.24. The maximum absolute atomic E-state index is 13.3. The zero-order chi connectivity index (χ0) is 23.6. The molecule has 0 fully saturated rings. The molecule has 0 unspecified atom stereocenters. The van der Waals surface area contributed by atoms with E-state index in [1.54, 1.807) is 21.0 Å².